The first-order valence-electron chi connectivity index (χ1n) is 9.48. The van der Waals surface area contributed by atoms with Crippen LogP contribution in [0.4, 0.5) is 13.2 Å². The first-order valence-corrected chi connectivity index (χ1v) is 9.48. The maximum absolute atomic E-state index is 12.5. The van der Waals surface area contributed by atoms with Gasteiger partial charge in [-0.2, -0.15) is 13.2 Å². The second-order valence-electron chi connectivity index (χ2n) is 6.59. The van der Waals surface area contributed by atoms with Crippen molar-refractivity contribution in [1.82, 2.24) is 15.5 Å². The summed E-state index contributed by atoms with van der Waals surface area (Å²) in [6.07, 6.45) is -3.52. The lowest BCUT2D eigenvalue weighted by molar-refractivity contribution is -0.143. The summed E-state index contributed by atoms with van der Waals surface area (Å²) < 4.78 is 48.5. The van der Waals surface area contributed by atoms with Crippen LogP contribution in [0, 0.1) is 0 Å². The van der Waals surface area contributed by atoms with Gasteiger partial charge in [0.05, 0.1) is 26.8 Å². The average molecular weight is 530 g/mol. The van der Waals surface area contributed by atoms with Crippen LogP contribution < -0.4 is 20.1 Å². The van der Waals surface area contributed by atoms with Crippen molar-refractivity contribution in [2.24, 2.45) is 4.99 Å². The molecule has 2 rings (SSSR count). The predicted octanol–water partition coefficient (Wildman–Crippen LogP) is 3.40. The summed E-state index contributed by atoms with van der Waals surface area (Å²) in [5.41, 5.74) is 0.947. The lowest BCUT2D eigenvalue weighted by Crippen LogP contribution is -2.45. The monoisotopic (exact) mass is 530 g/mol. The zero-order valence-electron chi connectivity index (χ0n) is 17.0. The van der Waals surface area contributed by atoms with Crippen molar-refractivity contribution in [1.29, 1.82) is 0 Å². The molecule has 1 aromatic rings. The Morgan fingerprint density at radius 2 is 2.03 bits per heavy atom. The predicted molar refractivity (Wildman–Crippen MR) is 118 cm³/mol. The fourth-order valence-electron chi connectivity index (χ4n) is 3.12. The molecule has 0 amide bonds. The third kappa shape index (κ3) is 8.85. The van der Waals surface area contributed by atoms with Gasteiger partial charge >= 0.3 is 6.18 Å². The van der Waals surface area contributed by atoms with Gasteiger partial charge in [-0.15, -0.1) is 24.0 Å². The number of hydrogen-bond donors (Lipinski definition) is 2. The van der Waals surface area contributed by atoms with E-state index >= 15 is 0 Å². The number of guanidine groups is 1. The van der Waals surface area contributed by atoms with E-state index < -0.39 is 12.7 Å². The van der Waals surface area contributed by atoms with Gasteiger partial charge in [0.25, 0.3) is 0 Å². The Bertz CT molecular complexity index is 659. The second-order valence-corrected chi connectivity index (χ2v) is 6.59. The molecule has 1 atom stereocenters. The van der Waals surface area contributed by atoms with Crippen molar-refractivity contribution in [2.45, 2.75) is 39.0 Å². The number of likely N-dealkylation sites (tertiary alicyclic amines) is 1. The van der Waals surface area contributed by atoms with Crippen LogP contribution in [0.3, 0.4) is 0 Å². The first-order chi connectivity index (χ1) is 13.3. The molecule has 2 N–H and O–H groups in total. The van der Waals surface area contributed by atoms with E-state index in [0.717, 1.165) is 5.56 Å². The Morgan fingerprint density at radius 3 is 2.66 bits per heavy atom. The van der Waals surface area contributed by atoms with Crippen LogP contribution >= 0.6 is 24.0 Å². The van der Waals surface area contributed by atoms with Crippen molar-refractivity contribution in [2.75, 3.05) is 39.9 Å². The van der Waals surface area contributed by atoms with E-state index in [9.17, 15) is 13.2 Å². The summed E-state index contributed by atoms with van der Waals surface area (Å²) in [6.45, 7) is 5.38. The molecule has 1 unspecified atom stereocenters. The van der Waals surface area contributed by atoms with E-state index in [-0.39, 0.29) is 30.0 Å². The Labute approximate surface area is 187 Å². The smallest absolute Gasteiger partial charge is 0.401 e. The number of alkyl halides is 3. The fraction of sp³-hybridized carbons (Fsp3) is 0.632. The molecule has 1 aromatic carbocycles. The summed E-state index contributed by atoms with van der Waals surface area (Å²) in [4.78, 5) is 5.97. The van der Waals surface area contributed by atoms with Gasteiger partial charge in [0.1, 0.15) is 0 Å². The maximum atomic E-state index is 12.5. The summed E-state index contributed by atoms with van der Waals surface area (Å²) in [5, 5.41) is 6.38. The minimum Gasteiger partial charge on any atom is -0.493 e. The number of nitrogens with one attached hydrogen (secondary N) is 2. The summed E-state index contributed by atoms with van der Waals surface area (Å²) in [5.74, 6) is 1.92. The van der Waals surface area contributed by atoms with Crippen LogP contribution in [0.5, 0.6) is 11.5 Å². The molecule has 0 radical (unpaired) electrons. The van der Waals surface area contributed by atoms with Crippen molar-refractivity contribution in [3.05, 3.63) is 23.8 Å². The topological polar surface area (TPSA) is 58.1 Å². The molecule has 0 spiro atoms. The highest BCUT2D eigenvalue weighted by atomic mass is 127. The Balaban J connectivity index is 0.00000420. The molecule has 0 aliphatic carbocycles. The van der Waals surface area contributed by atoms with E-state index in [1.165, 1.54) is 4.90 Å². The molecule has 1 heterocycles. The van der Waals surface area contributed by atoms with E-state index in [1.807, 2.05) is 32.0 Å². The van der Waals surface area contributed by atoms with Crippen molar-refractivity contribution in [3.8, 4) is 11.5 Å². The minimum atomic E-state index is -4.17. The molecule has 0 aromatic heterocycles. The number of ether oxygens (including phenoxy) is 2. The zero-order valence-corrected chi connectivity index (χ0v) is 19.3. The molecule has 1 saturated heterocycles. The molecule has 0 bridgehead atoms. The second kappa shape index (κ2) is 12.3. The first kappa shape index (κ1) is 25.6. The van der Waals surface area contributed by atoms with Gasteiger partial charge in [-0.1, -0.05) is 6.07 Å². The average Bonchev–Trinajstić information content (AvgIpc) is 3.06. The Hall–Kier alpha value is -1.43. The number of halogens is 4. The minimum absolute atomic E-state index is 0. The normalized spacial score (nSPS) is 17.6. The third-order valence-electron chi connectivity index (χ3n) is 4.31. The van der Waals surface area contributed by atoms with Gasteiger partial charge in [-0.3, -0.25) is 4.90 Å². The van der Waals surface area contributed by atoms with Crippen LogP contribution in [0.1, 0.15) is 25.8 Å². The Kier molecular flexibility index (Phi) is 10.9. The lowest BCUT2D eigenvalue weighted by atomic mass is 10.2. The van der Waals surface area contributed by atoms with Crippen LogP contribution in [0.2, 0.25) is 0 Å². The van der Waals surface area contributed by atoms with Gasteiger partial charge in [-0.05, 0) is 38.0 Å². The molecule has 166 valence electrons. The van der Waals surface area contributed by atoms with Gasteiger partial charge < -0.3 is 20.1 Å². The molecule has 1 fully saturated rings. The van der Waals surface area contributed by atoms with E-state index in [1.54, 1.807) is 7.11 Å². The highest BCUT2D eigenvalue weighted by Gasteiger charge is 2.34. The maximum Gasteiger partial charge on any atom is 0.401 e. The number of nitrogens with zero attached hydrogens (tertiary/aromatic N) is 2. The van der Waals surface area contributed by atoms with Crippen LogP contribution in [-0.2, 0) is 6.54 Å². The van der Waals surface area contributed by atoms with Gasteiger partial charge in [0, 0.05) is 25.7 Å². The molecule has 1 aliphatic rings. The zero-order chi connectivity index (χ0) is 20.6. The van der Waals surface area contributed by atoms with Crippen molar-refractivity contribution in [3.63, 3.8) is 0 Å². The van der Waals surface area contributed by atoms with Gasteiger partial charge in [-0.25, -0.2) is 4.99 Å². The number of methoxy groups -OCH3 is 1. The summed E-state index contributed by atoms with van der Waals surface area (Å²) in [6, 6.07) is 5.58. The molecule has 29 heavy (non-hydrogen) atoms. The highest BCUT2D eigenvalue weighted by molar-refractivity contribution is 14.0. The number of hydrogen-bond acceptors (Lipinski definition) is 4. The molecule has 10 heteroatoms. The quantitative estimate of drug-likeness (QED) is 0.307. The molecule has 1 aliphatic heterocycles. The van der Waals surface area contributed by atoms with E-state index in [2.05, 4.69) is 15.6 Å². The number of benzene rings is 1. The summed E-state index contributed by atoms with van der Waals surface area (Å²) >= 11 is 0. The largest absolute Gasteiger partial charge is 0.493 e. The molecular formula is C19H30F3IN4O2. The highest BCUT2D eigenvalue weighted by Crippen LogP contribution is 2.28. The van der Waals surface area contributed by atoms with Crippen LogP contribution in [0.25, 0.3) is 0 Å². The van der Waals surface area contributed by atoms with Gasteiger partial charge in [0.2, 0.25) is 0 Å². The SMILES string of the molecule is CCNC(=NCc1ccc(OCC)c(OC)c1)NC1CCN(CC(F)(F)F)C1.I. The van der Waals surface area contributed by atoms with E-state index in [4.69, 9.17) is 9.47 Å². The van der Waals surface area contributed by atoms with Crippen molar-refractivity contribution >= 4 is 29.9 Å². The van der Waals surface area contributed by atoms with Crippen LogP contribution in [0.15, 0.2) is 23.2 Å². The third-order valence-corrected chi connectivity index (χ3v) is 4.31. The Morgan fingerprint density at radius 1 is 1.28 bits per heavy atom. The lowest BCUT2D eigenvalue weighted by Gasteiger charge is -2.19. The van der Waals surface area contributed by atoms with E-state index in [0.29, 0.717) is 56.7 Å². The standard InChI is InChI=1S/C19H29F3N4O2.HI/c1-4-23-18(25-15-8-9-26(12-15)13-19(20,21)22)24-11-14-6-7-16(28-5-2)17(10-14)27-3;/h6-7,10,15H,4-5,8-9,11-13H2,1-3H3,(H2,23,24,25);1H. The molecule has 0 saturated carbocycles. The number of rotatable bonds is 8. The fourth-order valence-corrected chi connectivity index (χ4v) is 3.12. The van der Waals surface area contributed by atoms with Crippen molar-refractivity contribution < 1.29 is 22.6 Å². The van der Waals surface area contributed by atoms with Crippen LogP contribution in [-0.4, -0.2) is 63.0 Å². The molecular weight excluding hydrogens is 500 g/mol. The summed E-state index contributed by atoms with van der Waals surface area (Å²) in [7, 11) is 1.59. The molecule has 6 nitrogen and oxygen atoms in total. The number of aliphatic imine (C=N–C) groups is 1. The van der Waals surface area contributed by atoms with Gasteiger partial charge in [0.15, 0.2) is 17.5 Å².